The zero-order valence-corrected chi connectivity index (χ0v) is 23.6. The van der Waals surface area contributed by atoms with Gasteiger partial charge in [-0.3, -0.25) is 25.1 Å². The van der Waals surface area contributed by atoms with Crippen molar-refractivity contribution in [3.63, 3.8) is 0 Å². The Morgan fingerprint density at radius 3 is 2.38 bits per heavy atom. The van der Waals surface area contributed by atoms with Crippen LogP contribution in [0.3, 0.4) is 0 Å². The minimum atomic E-state index is -0.614. The summed E-state index contributed by atoms with van der Waals surface area (Å²) in [6, 6.07) is 2.59. The van der Waals surface area contributed by atoms with Crippen molar-refractivity contribution >= 4 is 23.1 Å². The van der Waals surface area contributed by atoms with Gasteiger partial charge in [0.1, 0.15) is 0 Å². The summed E-state index contributed by atoms with van der Waals surface area (Å²) in [6.45, 7) is 3.64. The molecule has 2 aliphatic heterocycles. The smallest absolute Gasteiger partial charge is 0.273 e. The molecule has 0 bridgehead atoms. The molecule has 2 aromatic rings. The molecule has 5 rings (SSSR count). The van der Waals surface area contributed by atoms with Gasteiger partial charge in [0.05, 0.1) is 30.5 Å². The number of unbranched alkanes of at least 4 members (excludes halogenated alkanes) is 4. The summed E-state index contributed by atoms with van der Waals surface area (Å²) in [5, 5.41) is 35.8. The Bertz CT molecular complexity index is 1370. The fraction of sp³-hybridized carbons (Fsp3) is 0.607. The van der Waals surface area contributed by atoms with Crippen LogP contribution < -0.4 is 10.7 Å². The van der Waals surface area contributed by atoms with Crippen molar-refractivity contribution < 1.29 is 28.9 Å². The standard InChI is InChI=1S/C28H37N7O7/c29-23(30)8-5-3-1-2-4-7-19-17-20-21(18-22(19)34(38)39)27(37)25-24(26(20)36)31-35(40)33(25)12-6-11-32-13-9-28(10-14-32)41-15-16-42-28/h17-18H,1-16H2,(H3,29,30). The number of nitrogens with one attached hydrogen (secondary N) is 1. The molecule has 1 aromatic carbocycles. The molecule has 2 saturated heterocycles. The minimum absolute atomic E-state index is 0.0402. The first-order chi connectivity index (χ1) is 20.2. The monoisotopic (exact) mass is 583 g/mol. The van der Waals surface area contributed by atoms with E-state index in [-0.39, 0.29) is 45.5 Å². The molecule has 14 nitrogen and oxygen atoms in total. The lowest BCUT2D eigenvalue weighted by Crippen LogP contribution is -2.46. The van der Waals surface area contributed by atoms with Gasteiger partial charge in [-0.2, -0.15) is 0 Å². The average Bonchev–Trinajstić information content (AvgIpc) is 3.56. The predicted octanol–water partition coefficient (Wildman–Crippen LogP) is 2.25. The Morgan fingerprint density at radius 2 is 1.69 bits per heavy atom. The number of hydrogen-bond acceptors (Lipinski definition) is 10. The van der Waals surface area contributed by atoms with Crippen LogP contribution in [0.2, 0.25) is 0 Å². The summed E-state index contributed by atoms with van der Waals surface area (Å²) in [4.78, 5) is 40.8. The molecule has 0 saturated carbocycles. The fourth-order valence-electron chi connectivity index (χ4n) is 6.11. The van der Waals surface area contributed by atoms with Gasteiger partial charge >= 0.3 is 0 Å². The van der Waals surface area contributed by atoms with Gasteiger partial charge in [0, 0.05) is 71.7 Å². The summed E-state index contributed by atoms with van der Waals surface area (Å²) in [5.41, 5.74) is 5.15. The molecule has 1 aliphatic carbocycles. The number of ether oxygens (including phenoxy) is 2. The third-order valence-electron chi connectivity index (χ3n) is 8.38. The highest BCUT2D eigenvalue weighted by atomic mass is 16.7. The van der Waals surface area contributed by atoms with Crippen molar-refractivity contribution in [1.29, 1.82) is 5.41 Å². The van der Waals surface area contributed by atoms with E-state index in [4.69, 9.17) is 20.6 Å². The molecule has 0 atom stereocenters. The molecule has 1 spiro atoms. The SMILES string of the molecule is N=C(N)CCCCCCCc1cc2c(cc1[N+](=O)[O-])C(=O)c1c(n[n+]([O-])n1CCCN1CCC3(CC1)OCCO3)C2=O. The lowest BCUT2D eigenvalue weighted by molar-refractivity contribution is -0.749. The number of aryl methyl sites for hydroxylation is 1. The number of aromatic nitrogens is 3. The van der Waals surface area contributed by atoms with Crippen molar-refractivity contribution in [3.05, 3.63) is 55.5 Å². The van der Waals surface area contributed by atoms with Crippen molar-refractivity contribution in [2.75, 3.05) is 32.8 Å². The highest BCUT2D eigenvalue weighted by Crippen LogP contribution is 2.33. The molecule has 1 aromatic heterocycles. The largest absolute Gasteiger partial charge is 0.571 e. The Balaban J connectivity index is 1.25. The molecule has 42 heavy (non-hydrogen) atoms. The third kappa shape index (κ3) is 6.20. The van der Waals surface area contributed by atoms with Gasteiger partial charge in [-0.25, -0.2) is 0 Å². The number of rotatable bonds is 13. The quantitative estimate of drug-likeness (QED) is 0.0573. The summed E-state index contributed by atoms with van der Waals surface area (Å²) < 4.78 is 12.7. The highest BCUT2D eigenvalue weighted by molar-refractivity contribution is 6.27. The number of nitro groups is 1. The van der Waals surface area contributed by atoms with Crippen LogP contribution in [0.4, 0.5) is 5.69 Å². The van der Waals surface area contributed by atoms with Gasteiger partial charge in [0.25, 0.3) is 5.69 Å². The first-order valence-electron chi connectivity index (χ1n) is 14.6. The lowest BCUT2D eigenvalue weighted by atomic mass is 9.87. The van der Waals surface area contributed by atoms with E-state index >= 15 is 0 Å². The maximum Gasteiger partial charge on any atom is 0.273 e. The summed E-state index contributed by atoms with van der Waals surface area (Å²) in [7, 11) is 0. The van der Waals surface area contributed by atoms with Crippen LogP contribution in [-0.2, 0) is 22.4 Å². The van der Waals surface area contributed by atoms with E-state index < -0.39 is 22.3 Å². The third-order valence-corrected chi connectivity index (χ3v) is 8.38. The van der Waals surface area contributed by atoms with Crippen molar-refractivity contribution in [2.24, 2.45) is 5.73 Å². The molecule has 0 amide bonds. The van der Waals surface area contributed by atoms with E-state index in [1.54, 1.807) is 0 Å². The van der Waals surface area contributed by atoms with Crippen LogP contribution in [0.1, 0.15) is 95.5 Å². The van der Waals surface area contributed by atoms with Gasteiger partial charge in [-0.1, -0.05) is 19.3 Å². The van der Waals surface area contributed by atoms with Crippen molar-refractivity contribution in [2.45, 2.75) is 76.5 Å². The average molecular weight is 584 g/mol. The second-order valence-corrected chi connectivity index (χ2v) is 11.2. The number of hydrogen-bond donors (Lipinski definition) is 2. The number of nitrogens with zero attached hydrogens (tertiary/aromatic N) is 5. The van der Waals surface area contributed by atoms with Gasteiger partial charge in [-0.05, 0) is 31.7 Å². The summed E-state index contributed by atoms with van der Waals surface area (Å²) in [5.74, 6) is -1.51. The molecule has 14 heteroatoms. The van der Waals surface area contributed by atoms with Gasteiger partial charge < -0.3 is 25.3 Å². The fourth-order valence-corrected chi connectivity index (χ4v) is 6.11. The molecule has 0 radical (unpaired) electrons. The van der Waals surface area contributed by atoms with Crippen LogP contribution in [0.25, 0.3) is 0 Å². The van der Waals surface area contributed by atoms with E-state index in [2.05, 4.69) is 10.00 Å². The number of benzene rings is 1. The summed E-state index contributed by atoms with van der Waals surface area (Å²) >= 11 is 0. The Kier molecular flexibility index (Phi) is 8.94. The number of carbonyl (C=O) groups excluding carboxylic acids is 2. The van der Waals surface area contributed by atoms with Gasteiger partial charge in [-0.15, -0.1) is 4.68 Å². The number of amidine groups is 1. The van der Waals surface area contributed by atoms with E-state index in [1.165, 1.54) is 12.1 Å². The van der Waals surface area contributed by atoms with E-state index in [1.807, 2.05) is 0 Å². The van der Waals surface area contributed by atoms with Crippen LogP contribution in [0.15, 0.2) is 12.1 Å². The van der Waals surface area contributed by atoms with Crippen molar-refractivity contribution in [1.82, 2.24) is 14.7 Å². The normalized spacial score (nSPS) is 17.9. The zero-order valence-electron chi connectivity index (χ0n) is 23.6. The number of piperidine rings is 1. The van der Waals surface area contributed by atoms with Gasteiger partial charge in [0.15, 0.2) is 11.5 Å². The molecule has 3 aliphatic rings. The Labute approximate surface area is 243 Å². The number of ketones is 2. The summed E-state index contributed by atoms with van der Waals surface area (Å²) in [6.07, 6.45) is 7.11. The highest BCUT2D eigenvalue weighted by Gasteiger charge is 2.42. The van der Waals surface area contributed by atoms with E-state index in [9.17, 15) is 24.9 Å². The molecular weight excluding hydrogens is 546 g/mol. The first-order valence-corrected chi connectivity index (χ1v) is 14.6. The van der Waals surface area contributed by atoms with Crippen LogP contribution in [0.5, 0.6) is 0 Å². The number of nitrogens with two attached hydrogens (primary N) is 1. The maximum atomic E-state index is 13.5. The number of carbonyl (C=O) groups is 2. The van der Waals surface area contributed by atoms with Gasteiger partial charge in [0.2, 0.25) is 17.3 Å². The molecule has 2 fully saturated rings. The first kappa shape index (κ1) is 29.7. The van der Waals surface area contributed by atoms with E-state index in [0.29, 0.717) is 51.0 Å². The zero-order chi connectivity index (χ0) is 29.9. The lowest BCUT2D eigenvalue weighted by Gasteiger charge is -2.37. The minimum Gasteiger partial charge on any atom is -0.571 e. The van der Waals surface area contributed by atoms with Crippen LogP contribution >= 0.6 is 0 Å². The number of fused-ring (bicyclic) bond motifs is 2. The number of nitro benzene ring substituents is 1. The second kappa shape index (κ2) is 12.6. The molecule has 226 valence electrons. The molecule has 0 unspecified atom stereocenters. The van der Waals surface area contributed by atoms with Crippen LogP contribution in [0, 0.1) is 20.7 Å². The molecule has 3 N–H and O–H groups in total. The van der Waals surface area contributed by atoms with E-state index in [0.717, 1.165) is 56.3 Å². The maximum absolute atomic E-state index is 13.5. The predicted molar refractivity (Wildman–Crippen MR) is 149 cm³/mol. The second-order valence-electron chi connectivity index (χ2n) is 11.2. The number of likely N-dealkylation sites (tertiary alicyclic amines) is 1. The Morgan fingerprint density at radius 1 is 1.02 bits per heavy atom. The molecular formula is C28H37N7O7. The van der Waals surface area contributed by atoms with Crippen LogP contribution in [-0.4, -0.2) is 75.6 Å². The topological polar surface area (TPSA) is 194 Å². The Hall–Kier alpha value is -3.75. The molecule has 3 heterocycles. The van der Waals surface area contributed by atoms with Crippen molar-refractivity contribution in [3.8, 4) is 0 Å².